The van der Waals surface area contributed by atoms with E-state index in [1.165, 1.54) is 5.56 Å². The molecular formula is C14H21NO4. The zero-order valence-electron chi connectivity index (χ0n) is 11.6. The SMILES string of the molecule is CC(C)NCc1ccc2c(c1)OCO2.CCC(=O)O. The number of carbonyl (C=O) groups is 1. The number of carboxylic acid groups (broad SMARTS) is 1. The Labute approximate surface area is 113 Å². The molecule has 1 aromatic carbocycles. The van der Waals surface area contributed by atoms with Gasteiger partial charge in [-0.1, -0.05) is 26.8 Å². The van der Waals surface area contributed by atoms with Gasteiger partial charge in [0.25, 0.3) is 0 Å². The highest BCUT2D eigenvalue weighted by atomic mass is 16.7. The molecule has 0 spiro atoms. The van der Waals surface area contributed by atoms with E-state index in [1.807, 2.05) is 12.1 Å². The summed E-state index contributed by atoms with van der Waals surface area (Å²) in [5.74, 6) is 0.955. The van der Waals surface area contributed by atoms with Crippen molar-refractivity contribution in [3.8, 4) is 11.5 Å². The summed E-state index contributed by atoms with van der Waals surface area (Å²) < 4.78 is 10.5. The summed E-state index contributed by atoms with van der Waals surface area (Å²) in [6, 6.07) is 6.54. The molecule has 1 aliphatic rings. The molecule has 0 unspecified atom stereocenters. The average Bonchev–Trinajstić information content (AvgIpc) is 2.84. The lowest BCUT2D eigenvalue weighted by Crippen LogP contribution is -2.21. The molecule has 0 saturated carbocycles. The first-order valence-electron chi connectivity index (χ1n) is 6.36. The third kappa shape index (κ3) is 5.61. The molecule has 5 nitrogen and oxygen atoms in total. The number of fused-ring (bicyclic) bond motifs is 1. The van der Waals surface area contributed by atoms with Crippen LogP contribution in [0.1, 0.15) is 32.8 Å². The maximum absolute atomic E-state index is 9.37. The number of hydrogen-bond donors (Lipinski definition) is 2. The number of benzene rings is 1. The zero-order valence-corrected chi connectivity index (χ0v) is 11.6. The molecule has 0 fully saturated rings. The Morgan fingerprint density at radius 1 is 1.37 bits per heavy atom. The minimum Gasteiger partial charge on any atom is -0.481 e. The summed E-state index contributed by atoms with van der Waals surface area (Å²) in [6.07, 6.45) is 0.222. The molecule has 1 heterocycles. The van der Waals surface area contributed by atoms with Gasteiger partial charge in [0.1, 0.15) is 0 Å². The molecule has 1 aliphatic heterocycles. The summed E-state index contributed by atoms with van der Waals surface area (Å²) in [7, 11) is 0. The second-order valence-corrected chi connectivity index (χ2v) is 4.47. The maximum Gasteiger partial charge on any atom is 0.303 e. The number of aliphatic carboxylic acids is 1. The van der Waals surface area contributed by atoms with Crippen LogP contribution in [0.5, 0.6) is 11.5 Å². The van der Waals surface area contributed by atoms with Crippen molar-refractivity contribution in [2.45, 2.75) is 39.8 Å². The molecule has 0 amide bonds. The molecule has 0 atom stereocenters. The van der Waals surface area contributed by atoms with Crippen LogP contribution < -0.4 is 14.8 Å². The molecule has 0 aromatic heterocycles. The third-order valence-corrected chi connectivity index (χ3v) is 2.45. The first-order valence-corrected chi connectivity index (χ1v) is 6.36. The summed E-state index contributed by atoms with van der Waals surface area (Å²) in [6.45, 7) is 7.08. The van der Waals surface area contributed by atoms with Gasteiger partial charge >= 0.3 is 5.97 Å². The van der Waals surface area contributed by atoms with E-state index in [9.17, 15) is 4.79 Å². The van der Waals surface area contributed by atoms with E-state index in [2.05, 4.69) is 25.2 Å². The van der Waals surface area contributed by atoms with Gasteiger partial charge in [0.15, 0.2) is 11.5 Å². The van der Waals surface area contributed by atoms with Crippen LogP contribution >= 0.6 is 0 Å². The highest BCUT2D eigenvalue weighted by molar-refractivity contribution is 5.66. The number of rotatable bonds is 4. The van der Waals surface area contributed by atoms with E-state index in [0.29, 0.717) is 12.8 Å². The molecule has 0 saturated heterocycles. The highest BCUT2D eigenvalue weighted by Crippen LogP contribution is 2.32. The van der Waals surface area contributed by atoms with Gasteiger partial charge in [-0.2, -0.15) is 0 Å². The van der Waals surface area contributed by atoms with Crippen molar-refractivity contribution in [2.75, 3.05) is 6.79 Å². The lowest BCUT2D eigenvalue weighted by Gasteiger charge is -2.08. The predicted octanol–water partition coefficient (Wildman–Crippen LogP) is 2.39. The molecule has 1 aromatic rings. The van der Waals surface area contributed by atoms with E-state index < -0.39 is 5.97 Å². The molecule has 0 aliphatic carbocycles. The van der Waals surface area contributed by atoms with Crippen LogP contribution in [-0.2, 0) is 11.3 Å². The van der Waals surface area contributed by atoms with Crippen LogP contribution in [0.15, 0.2) is 18.2 Å². The van der Waals surface area contributed by atoms with Gasteiger partial charge in [0.2, 0.25) is 6.79 Å². The van der Waals surface area contributed by atoms with Gasteiger partial charge in [0.05, 0.1) is 0 Å². The van der Waals surface area contributed by atoms with Crippen molar-refractivity contribution >= 4 is 5.97 Å². The van der Waals surface area contributed by atoms with Gasteiger partial charge in [-0.15, -0.1) is 0 Å². The minimum absolute atomic E-state index is 0.222. The Morgan fingerprint density at radius 3 is 2.58 bits per heavy atom. The van der Waals surface area contributed by atoms with Crippen LogP contribution in [0.25, 0.3) is 0 Å². The van der Waals surface area contributed by atoms with Crippen molar-refractivity contribution < 1.29 is 19.4 Å². The zero-order chi connectivity index (χ0) is 14.3. The van der Waals surface area contributed by atoms with Crippen molar-refractivity contribution in [3.63, 3.8) is 0 Å². The lowest BCUT2D eigenvalue weighted by molar-refractivity contribution is -0.136. The molecule has 5 heteroatoms. The Bertz CT molecular complexity index is 418. The summed E-state index contributed by atoms with van der Waals surface area (Å²) >= 11 is 0. The van der Waals surface area contributed by atoms with E-state index in [1.54, 1.807) is 6.92 Å². The van der Waals surface area contributed by atoms with Gasteiger partial charge in [-0.25, -0.2) is 0 Å². The quantitative estimate of drug-likeness (QED) is 0.876. The van der Waals surface area contributed by atoms with Crippen molar-refractivity contribution in [1.29, 1.82) is 0 Å². The average molecular weight is 267 g/mol. The maximum atomic E-state index is 9.37. The Kier molecular flexibility index (Phi) is 6.15. The van der Waals surface area contributed by atoms with Gasteiger partial charge < -0.3 is 19.9 Å². The molecule has 19 heavy (non-hydrogen) atoms. The second kappa shape index (κ2) is 7.63. The Morgan fingerprint density at radius 2 is 2.00 bits per heavy atom. The van der Waals surface area contributed by atoms with Crippen molar-refractivity contribution in [2.24, 2.45) is 0 Å². The highest BCUT2D eigenvalue weighted by Gasteiger charge is 2.12. The molecule has 2 rings (SSSR count). The largest absolute Gasteiger partial charge is 0.481 e. The minimum atomic E-state index is -0.745. The first-order chi connectivity index (χ1) is 9.02. The normalized spacial score (nSPS) is 12.0. The van der Waals surface area contributed by atoms with Crippen molar-refractivity contribution in [3.05, 3.63) is 23.8 Å². The van der Waals surface area contributed by atoms with Crippen LogP contribution in [0.4, 0.5) is 0 Å². The fourth-order valence-electron chi connectivity index (χ4n) is 1.37. The van der Waals surface area contributed by atoms with Crippen LogP contribution in [-0.4, -0.2) is 23.9 Å². The molecule has 106 valence electrons. The van der Waals surface area contributed by atoms with Crippen LogP contribution in [0.3, 0.4) is 0 Å². The number of ether oxygens (including phenoxy) is 2. The summed E-state index contributed by atoms with van der Waals surface area (Å²) in [5, 5.41) is 11.1. The van der Waals surface area contributed by atoms with Crippen LogP contribution in [0, 0.1) is 0 Å². The molecule has 0 radical (unpaired) electrons. The third-order valence-electron chi connectivity index (χ3n) is 2.45. The first kappa shape index (κ1) is 15.3. The fourth-order valence-corrected chi connectivity index (χ4v) is 1.37. The van der Waals surface area contributed by atoms with Crippen LogP contribution in [0.2, 0.25) is 0 Å². The Hall–Kier alpha value is -1.75. The van der Waals surface area contributed by atoms with Gasteiger partial charge in [-0.05, 0) is 17.7 Å². The number of carboxylic acids is 1. The number of nitrogens with one attached hydrogen (secondary N) is 1. The summed E-state index contributed by atoms with van der Waals surface area (Å²) in [4.78, 5) is 9.37. The lowest BCUT2D eigenvalue weighted by atomic mass is 10.2. The van der Waals surface area contributed by atoms with E-state index >= 15 is 0 Å². The Balaban J connectivity index is 0.000000312. The van der Waals surface area contributed by atoms with Gasteiger partial charge in [-0.3, -0.25) is 4.79 Å². The molecule has 0 bridgehead atoms. The predicted molar refractivity (Wildman–Crippen MR) is 72.5 cm³/mol. The van der Waals surface area contributed by atoms with Gasteiger partial charge in [0, 0.05) is 19.0 Å². The monoisotopic (exact) mass is 267 g/mol. The molecular weight excluding hydrogens is 246 g/mol. The second-order valence-electron chi connectivity index (χ2n) is 4.47. The van der Waals surface area contributed by atoms with E-state index in [-0.39, 0.29) is 6.42 Å². The summed E-state index contributed by atoms with van der Waals surface area (Å²) in [5.41, 5.74) is 1.22. The van der Waals surface area contributed by atoms with E-state index in [0.717, 1.165) is 18.0 Å². The number of hydrogen-bond acceptors (Lipinski definition) is 4. The smallest absolute Gasteiger partial charge is 0.303 e. The van der Waals surface area contributed by atoms with E-state index in [4.69, 9.17) is 14.6 Å². The molecule has 2 N–H and O–H groups in total. The van der Waals surface area contributed by atoms with Crippen molar-refractivity contribution in [1.82, 2.24) is 5.32 Å². The standard InChI is InChI=1S/C11H15NO2.C3H6O2/c1-8(2)12-6-9-3-4-10-11(5-9)14-7-13-10;1-2-3(4)5/h3-5,8,12H,6-7H2,1-2H3;2H2,1H3,(H,4,5). The fraction of sp³-hybridized carbons (Fsp3) is 0.500. The topological polar surface area (TPSA) is 67.8 Å².